The fourth-order valence-corrected chi connectivity index (χ4v) is 5.05. The number of morpholine rings is 1. The fraction of sp³-hybridized carbons (Fsp3) is 0.500. The molecule has 2 heterocycles. The molecule has 0 aromatic heterocycles. The van der Waals surface area contributed by atoms with Crippen molar-refractivity contribution in [1.29, 1.82) is 0 Å². The van der Waals surface area contributed by atoms with Gasteiger partial charge in [-0.3, -0.25) is 0 Å². The Hall–Kier alpha value is -2.84. The number of hydrogen-bond donors (Lipinski definition) is 4. The van der Waals surface area contributed by atoms with E-state index in [1.54, 1.807) is 6.20 Å². The third kappa shape index (κ3) is 6.68. The van der Waals surface area contributed by atoms with Crippen molar-refractivity contribution < 1.29 is 13.5 Å². The molecule has 2 saturated heterocycles. The lowest BCUT2D eigenvalue weighted by Crippen LogP contribution is -2.49. The van der Waals surface area contributed by atoms with Crippen molar-refractivity contribution in [3.05, 3.63) is 83.5 Å². The number of halogens is 2. The van der Waals surface area contributed by atoms with Gasteiger partial charge in [-0.05, 0) is 42.1 Å². The molecule has 0 amide bonds. The second kappa shape index (κ2) is 12.4. The quantitative estimate of drug-likeness (QED) is 0.410. The molecule has 0 aromatic rings. The summed E-state index contributed by atoms with van der Waals surface area (Å²) in [4.78, 5) is 2.41. The molecule has 2 atom stereocenters. The van der Waals surface area contributed by atoms with Gasteiger partial charge in [-0.1, -0.05) is 37.0 Å². The molecule has 2 fully saturated rings. The lowest BCUT2D eigenvalue weighted by atomic mass is 9.89. The van der Waals surface area contributed by atoms with Crippen LogP contribution in [0, 0.1) is 5.92 Å². The van der Waals surface area contributed by atoms with Crippen LogP contribution in [-0.2, 0) is 4.74 Å². The van der Waals surface area contributed by atoms with Crippen molar-refractivity contribution in [3.63, 3.8) is 0 Å². The van der Waals surface area contributed by atoms with Gasteiger partial charge in [0.25, 0.3) is 5.92 Å². The summed E-state index contributed by atoms with van der Waals surface area (Å²) in [6, 6.07) is -0.157. The van der Waals surface area contributed by atoms with E-state index in [-0.39, 0.29) is 19.0 Å². The smallest absolute Gasteiger partial charge is 0.255 e. The maximum atomic E-state index is 14.5. The Morgan fingerprint density at radius 2 is 2.08 bits per heavy atom. The highest BCUT2D eigenvalue weighted by atomic mass is 19.3. The number of hydrogen-bond acceptors (Lipinski definition) is 6. The van der Waals surface area contributed by atoms with Gasteiger partial charge in [0.15, 0.2) is 0 Å². The summed E-state index contributed by atoms with van der Waals surface area (Å²) >= 11 is 0. The van der Waals surface area contributed by atoms with E-state index in [1.807, 2.05) is 6.08 Å². The molecule has 4 rings (SSSR count). The molecule has 5 N–H and O–H groups in total. The zero-order valence-electron chi connectivity index (χ0n) is 20.9. The molecule has 0 bridgehead atoms. The average Bonchev–Trinajstić information content (AvgIpc) is 2.86. The zero-order valence-corrected chi connectivity index (χ0v) is 20.9. The first-order valence-corrected chi connectivity index (χ1v) is 12.9. The molecular formula is C28H39F2N5O. The molecule has 0 spiro atoms. The van der Waals surface area contributed by atoms with Crippen molar-refractivity contribution >= 4 is 0 Å². The molecule has 196 valence electrons. The summed E-state index contributed by atoms with van der Waals surface area (Å²) in [5.74, 6) is -3.45. The molecule has 6 nitrogen and oxygen atoms in total. The monoisotopic (exact) mass is 499 g/mol. The minimum absolute atomic E-state index is 0.132. The largest absolute Gasteiger partial charge is 0.403 e. The van der Waals surface area contributed by atoms with E-state index >= 15 is 0 Å². The van der Waals surface area contributed by atoms with Crippen molar-refractivity contribution in [3.8, 4) is 0 Å². The molecule has 36 heavy (non-hydrogen) atoms. The van der Waals surface area contributed by atoms with Crippen LogP contribution >= 0.6 is 0 Å². The van der Waals surface area contributed by atoms with E-state index in [2.05, 4.69) is 57.8 Å². The first kappa shape index (κ1) is 26.2. The molecule has 2 aliphatic heterocycles. The number of nitrogens with zero attached hydrogens (tertiary/aromatic N) is 1. The van der Waals surface area contributed by atoms with Gasteiger partial charge in [0, 0.05) is 62.9 Å². The standard InChI is InChI=1S/C28H39F2N5O/c1-21-26(33-13-11-31)9-7-23(27(21)34-20-24-19-32-12-10-28(24,29)30)18-22-4-2-3-5-25(8-6-22)35-14-16-36-17-15-35/h2,4,6-9,11,13,24,26,32-34H,1,3,5,10,12,14-20,31H2/b4-2+,13-11-,22-6+,25-8+. The third-order valence-corrected chi connectivity index (χ3v) is 7.23. The number of ether oxygens (including phenoxy) is 1. The summed E-state index contributed by atoms with van der Waals surface area (Å²) < 4.78 is 34.5. The maximum Gasteiger partial charge on any atom is 0.255 e. The van der Waals surface area contributed by atoms with Gasteiger partial charge in [-0.2, -0.15) is 0 Å². The minimum Gasteiger partial charge on any atom is -0.403 e. The Morgan fingerprint density at radius 1 is 1.25 bits per heavy atom. The van der Waals surface area contributed by atoms with Crippen LogP contribution in [0.1, 0.15) is 25.7 Å². The van der Waals surface area contributed by atoms with Crippen molar-refractivity contribution in [2.45, 2.75) is 37.6 Å². The molecule has 4 aliphatic rings. The molecule has 0 aromatic carbocycles. The minimum atomic E-state index is -2.68. The Labute approximate surface area is 213 Å². The number of rotatable bonds is 8. The lowest BCUT2D eigenvalue weighted by Gasteiger charge is -2.34. The van der Waals surface area contributed by atoms with Crippen LogP contribution < -0.4 is 21.7 Å². The van der Waals surface area contributed by atoms with Crippen molar-refractivity contribution in [2.24, 2.45) is 11.7 Å². The molecular weight excluding hydrogens is 460 g/mol. The van der Waals surface area contributed by atoms with Crippen molar-refractivity contribution in [1.82, 2.24) is 20.9 Å². The summed E-state index contributed by atoms with van der Waals surface area (Å²) in [5.41, 5.74) is 10.7. The van der Waals surface area contributed by atoms with Crippen LogP contribution in [0.25, 0.3) is 0 Å². The molecule has 8 heteroatoms. The van der Waals surface area contributed by atoms with Crippen LogP contribution in [0.3, 0.4) is 0 Å². The van der Waals surface area contributed by atoms with Crippen LogP contribution in [0.2, 0.25) is 0 Å². The molecule has 0 saturated carbocycles. The van der Waals surface area contributed by atoms with Gasteiger partial charge in [0.1, 0.15) is 0 Å². The predicted molar refractivity (Wildman–Crippen MR) is 141 cm³/mol. The number of allylic oxidation sites excluding steroid dienone is 8. The normalized spacial score (nSPS) is 30.7. The highest BCUT2D eigenvalue weighted by molar-refractivity contribution is 5.50. The molecule has 0 radical (unpaired) electrons. The van der Waals surface area contributed by atoms with Gasteiger partial charge in [0.05, 0.1) is 25.2 Å². The SMILES string of the molecule is C=C1C(NCC2CNCCC2(F)F)=C(CC2=C/C=C(/N3CCOCC3)CC\C=C\2)C=CC1N/C=C\N. The van der Waals surface area contributed by atoms with Gasteiger partial charge in [-0.15, -0.1) is 0 Å². The predicted octanol–water partition coefficient (Wildman–Crippen LogP) is 3.47. The molecule has 2 aliphatic carbocycles. The van der Waals surface area contributed by atoms with Gasteiger partial charge in [-0.25, -0.2) is 8.78 Å². The Balaban J connectivity index is 1.55. The topological polar surface area (TPSA) is 74.6 Å². The van der Waals surface area contributed by atoms with E-state index in [0.717, 1.165) is 56.0 Å². The van der Waals surface area contributed by atoms with E-state index < -0.39 is 11.8 Å². The van der Waals surface area contributed by atoms with Crippen molar-refractivity contribution in [2.75, 3.05) is 45.9 Å². The Bertz CT molecular complexity index is 972. The summed E-state index contributed by atoms with van der Waals surface area (Å²) in [5, 5.41) is 9.67. The second-order valence-electron chi connectivity index (χ2n) is 9.70. The zero-order chi connectivity index (χ0) is 25.4. The highest BCUT2D eigenvalue weighted by Crippen LogP contribution is 2.32. The van der Waals surface area contributed by atoms with E-state index in [1.165, 1.54) is 17.5 Å². The number of piperidine rings is 1. The third-order valence-electron chi connectivity index (χ3n) is 7.23. The van der Waals surface area contributed by atoms with Gasteiger partial charge >= 0.3 is 0 Å². The summed E-state index contributed by atoms with van der Waals surface area (Å²) in [6.07, 6.45) is 18.6. The van der Waals surface area contributed by atoms with Gasteiger partial charge in [0.2, 0.25) is 0 Å². The summed E-state index contributed by atoms with van der Waals surface area (Å²) in [7, 11) is 0. The van der Waals surface area contributed by atoms with E-state index in [4.69, 9.17) is 10.5 Å². The number of nitrogens with two attached hydrogens (primary N) is 1. The second-order valence-corrected chi connectivity index (χ2v) is 9.70. The Morgan fingerprint density at radius 3 is 2.86 bits per heavy atom. The first-order valence-electron chi connectivity index (χ1n) is 12.9. The van der Waals surface area contributed by atoms with E-state index in [9.17, 15) is 8.78 Å². The van der Waals surface area contributed by atoms with Gasteiger partial charge < -0.3 is 31.3 Å². The van der Waals surface area contributed by atoms with Crippen LogP contribution in [0.15, 0.2) is 83.5 Å². The molecule has 2 unspecified atom stereocenters. The lowest BCUT2D eigenvalue weighted by molar-refractivity contribution is -0.0761. The van der Waals surface area contributed by atoms with Crippen LogP contribution in [0.4, 0.5) is 8.78 Å². The van der Waals surface area contributed by atoms with Crippen LogP contribution in [0.5, 0.6) is 0 Å². The fourth-order valence-electron chi connectivity index (χ4n) is 5.05. The summed E-state index contributed by atoms with van der Waals surface area (Å²) in [6.45, 7) is 8.51. The number of alkyl halides is 2. The van der Waals surface area contributed by atoms with E-state index in [0.29, 0.717) is 19.5 Å². The first-order chi connectivity index (χ1) is 17.5. The Kier molecular flexibility index (Phi) is 9.04. The average molecular weight is 500 g/mol. The number of nitrogens with one attached hydrogen (secondary N) is 3. The highest BCUT2D eigenvalue weighted by Gasteiger charge is 2.41. The maximum absolute atomic E-state index is 14.5. The van der Waals surface area contributed by atoms with Crippen LogP contribution in [-0.4, -0.2) is 62.8 Å².